The summed E-state index contributed by atoms with van der Waals surface area (Å²) in [5.41, 5.74) is 8.80. The van der Waals surface area contributed by atoms with Gasteiger partial charge in [0.1, 0.15) is 0 Å². The molecule has 1 fully saturated rings. The van der Waals surface area contributed by atoms with Crippen LogP contribution < -0.4 is 10.6 Å². The minimum absolute atomic E-state index is 0.00235. The second-order valence-corrected chi connectivity index (χ2v) is 5.71. The lowest BCUT2D eigenvalue weighted by atomic mass is 9.98. The van der Waals surface area contributed by atoms with E-state index in [2.05, 4.69) is 29.2 Å². The highest BCUT2D eigenvalue weighted by Gasteiger charge is 2.22. The van der Waals surface area contributed by atoms with Crippen molar-refractivity contribution >= 4 is 5.69 Å². The van der Waals surface area contributed by atoms with Gasteiger partial charge in [0.25, 0.3) is 0 Å². The van der Waals surface area contributed by atoms with Gasteiger partial charge < -0.3 is 20.1 Å². The highest BCUT2D eigenvalue weighted by molar-refractivity contribution is 5.56. The molecule has 0 aromatic heterocycles. The van der Waals surface area contributed by atoms with Crippen molar-refractivity contribution in [3.63, 3.8) is 0 Å². The third-order valence-corrected chi connectivity index (χ3v) is 4.07. The molecule has 110 valence electrons. The molecule has 0 bridgehead atoms. The molecule has 4 nitrogen and oxygen atoms in total. The lowest BCUT2D eigenvalue weighted by Gasteiger charge is -2.35. The second kappa shape index (κ2) is 6.57. The Morgan fingerprint density at radius 2 is 2.20 bits per heavy atom. The van der Waals surface area contributed by atoms with E-state index in [4.69, 9.17) is 15.2 Å². The summed E-state index contributed by atoms with van der Waals surface area (Å²) in [6, 6.07) is 8.75. The molecule has 0 spiro atoms. The van der Waals surface area contributed by atoms with E-state index < -0.39 is 0 Å². The number of anilines is 1. The van der Waals surface area contributed by atoms with Gasteiger partial charge in [0, 0.05) is 31.4 Å². The predicted octanol–water partition coefficient (Wildman–Crippen LogP) is 1.92. The molecule has 4 heteroatoms. The molecule has 2 unspecified atom stereocenters. The lowest BCUT2D eigenvalue weighted by molar-refractivity contribution is -0.160. The Hall–Kier alpha value is -1.10. The van der Waals surface area contributed by atoms with E-state index in [0.29, 0.717) is 6.61 Å². The number of para-hydroxylation sites is 1. The van der Waals surface area contributed by atoms with Crippen LogP contribution in [-0.2, 0) is 15.9 Å². The van der Waals surface area contributed by atoms with Crippen LogP contribution in [0.3, 0.4) is 0 Å². The highest BCUT2D eigenvalue weighted by atomic mass is 16.7. The number of nitrogens with zero attached hydrogens (tertiary/aromatic N) is 1. The van der Waals surface area contributed by atoms with Gasteiger partial charge in [0.15, 0.2) is 6.29 Å². The fourth-order valence-corrected chi connectivity index (χ4v) is 3.07. The van der Waals surface area contributed by atoms with Crippen LogP contribution in [0.2, 0.25) is 0 Å². The van der Waals surface area contributed by atoms with E-state index in [1.54, 1.807) is 0 Å². The van der Waals surface area contributed by atoms with Crippen LogP contribution in [0.1, 0.15) is 24.8 Å². The molecule has 0 saturated carbocycles. The van der Waals surface area contributed by atoms with Crippen molar-refractivity contribution in [1.29, 1.82) is 0 Å². The summed E-state index contributed by atoms with van der Waals surface area (Å²) in [5.74, 6) is 0. The van der Waals surface area contributed by atoms with Gasteiger partial charge >= 0.3 is 0 Å². The maximum atomic E-state index is 6.15. The number of hydrogen-bond donors (Lipinski definition) is 1. The van der Waals surface area contributed by atoms with Crippen LogP contribution in [0.25, 0.3) is 0 Å². The van der Waals surface area contributed by atoms with Crippen molar-refractivity contribution in [2.45, 2.75) is 38.0 Å². The van der Waals surface area contributed by atoms with Crippen molar-refractivity contribution in [3.8, 4) is 0 Å². The molecule has 2 aliphatic heterocycles. The van der Waals surface area contributed by atoms with Crippen LogP contribution in [0.15, 0.2) is 24.3 Å². The smallest absolute Gasteiger partial charge is 0.157 e. The zero-order chi connectivity index (χ0) is 13.8. The fraction of sp³-hybridized carbons (Fsp3) is 0.625. The molecular weight excluding hydrogens is 252 g/mol. The van der Waals surface area contributed by atoms with Gasteiger partial charge in [-0.2, -0.15) is 0 Å². The van der Waals surface area contributed by atoms with E-state index >= 15 is 0 Å². The molecule has 20 heavy (non-hydrogen) atoms. The zero-order valence-electron chi connectivity index (χ0n) is 12.0. The molecular formula is C16H24N2O2. The molecule has 0 radical (unpaired) electrons. The summed E-state index contributed by atoms with van der Waals surface area (Å²) >= 11 is 0. The van der Waals surface area contributed by atoms with Gasteiger partial charge in [0.2, 0.25) is 0 Å². The van der Waals surface area contributed by atoms with Gasteiger partial charge in [-0.1, -0.05) is 18.2 Å². The molecule has 2 atom stereocenters. The first-order valence-electron chi connectivity index (χ1n) is 7.64. The summed E-state index contributed by atoms with van der Waals surface area (Å²) in [4.78, 5) is 2.34. The maximum Gasteiger partial charge on any atom is 0.157 e. The number of nitrogens with two attached hydrogens (primary N) is 1. The number of fused-ring (bicyclic) bond motifs is 1. The summed E-state index contributed by atoms with van der Waals surface area (Å²) < 4.78 is 11.4. The molecule has 2 heterocycles. The number of hydrogen-bond acceptors (Lipinski definition) is 4. The van der Waals surface area contributed by atoms with E-state index in [1.165, 1.54) is 17.7 Å². The summed E-state index contributed by atoms with van der Waals surface area (Å²) in [5, 5.41) is 0. The summed E-state index contributed by atoms with van der Waals surface area (Å²) in [6.07, 6.45) is 4.36. The second-order valence-electron chi connectivity index (χ2n) is 5.71. The van der Waals surface area contributed by atoms with Gasteiger partial charge in [-0.25, -0.2) is 0 Å². The minimum atomic E-state index is -0.00235. The van der Waals surface area contributed by atoms with E-state index in [1.807, 2.05) is 0 Å². The number of rotatable bonds is 4. The molecule has 2 aliphatic rings. The quantitative estimate of drug-likeness (QED) is 0.912. The lowest BCUT2D eigenvalue weighted by Crippen LogP contribution is -2.44. The molecule has 0 aliphatic carbocycles. The van der Waals surface area contributed by atoms with Crippen LogP contribution in [0, 0.1) is 0 Å². The maximum absolute atomic E-state index is 6.15. The first-order valence-corrected chi connectivity index (χ1v) is 7.64. The van der Waals surface area contributed by atoms with Crippen molar-refractivity contribution in [3.05, 3.63) is 29.8 Å². The summed E-state index contributed by atoms with van der Waals surface area (Å²) in [7, 11) is 0. The Bertz CT molecular complexity index is 432. The number of ether oxygens (including phenoxy) is 2. The van der Waals surface area contributed by atoms with Crippen molar-refractivity contribution in [2.24, 2.45) is 5.73 Å². The van der Waals surface area contributed by atoms with Crippen LogP contribution >= 0.6 is 0 Å². The largest absolute Gasteiger partial charge is 0.367 e. The number of benzene rings is 1. The first-order chi connectivity index (χ1) is 9.83. The first kappa shape index (κ1) is 13.9. The van der Waals surface area contributed by atoms with E-state index in [9.17, 15) is 0 Å². The standard InChI is InChI=1S/C16H24N2O2/c17-14-11-13-5-1-2-6-15(13)18(12-14)8-10-20-16-7-3-4-9-19-16/h1-2,5-6,14,16H,3-4,7-12,17H2. The summed E-state index contributed by atoms with van der Waals surface area (Å²) in [6.45, 7) is 3.32. The predicted molar refractivity (Wildman–Crippen MR) is 79.9 cm³/mol. The fourth-order valence-electron chi connectivity index (χ4n) is 3.07. The van der Waals surface area contributed by atoms with Crippen molar-refractivity contribution in [1.82, 2.24) is 0 Å². The van der Waals surface area contributed by atoms with Crippen LogP contribution in [-0.4, -0.2) is 38.6 Å². The zero-order valence-corrected chi connectivity index (χ0v) is 12.0. The third kappa shape index (κ3) is 3.32. The topological polar surface area (TPSA) is 47.7 Å². The molecule has 2 N–H and O–H groups in total. The van der Waals surface area contributed by atoms with Crippen LogP contribution in [0.5, 0.6) is 0 Å². The van der Waals surface area contributed by atoms with Gasteiger partial charge in [0.05, 0.1) is 6.61 Å². The van der Waals surface area contributed by atoms with Gasteiger partial charge in [-0.15, -0.1) is 0 Å². The molecule has 1 aromatic rings. The van der Waals surface area contributed by atoms with E-state index in [-0.39, 0.29) is 12.3 Å². The minimum Gasteiger partial charge on any atom is -0.367 e. The average molecular weight is 276 g/mol. The van der Waals surface area contributed by atoms with E-state index in [0.717, 1.165) is 39.0 Å². The Morgan fingerprint density at radius 1 is 1.30 bits per heavy atom. The molecule has 1 saturated heterocycles. The Morgan fingerprint density at radius 3 is 3.05 bits per heavy atom. The van der Waals surface area contributed by atoms with Gasteiger partial charge in [-0.05, 0) is 37.3 Å². The van der Waals surface area contributed by atoms with Crippen molar-refractivity contribution in [2.75, 3.05) is 31.2 Å². The van der Waals surface area contributed by atoms with Crippen LogP contribution in [0.4, 0.5) is 5.69 Å². The monoisotopic (exact) mass is 276 g/mol. The SMILES string of the molecule is NC1Cc2ccccc2N(CCOC2CCCCO2)C1. The Balaban J connectivity index is 1.54. The molecule has 0 amide bonds. The molecule has 3 rings (SSSR count). The molecule has 1 aromatic carbocycles. The Kier molecular flexibility index (Phi) is 4.55. The van der Waals surface area contributed by atoms with Crippen molar-refractivity contribution < 1.29 is 9.47 Å². The highest BCUT2D eigenvalue weighted by Crippen LogP contribution is 2.26. The Labute approximate surface area is 120 Å². The normalized spacial score (nSPS) is 26.4. The third-order valence-electron chi connectivity index (χ3n) is 4.07. The average Bonchev–Trinajstić information content (AvgIpc) is 2.48. The van der Waals surface area contributed by atoms with Gasteiger partial charge in [-0.3, -0.25) is 0 Å².